The molecule has 0 aliphatic carbocycles. The molecule has 29 heavy (non-hydrogen) atoms. The van der Waals surface area contributed by atoms with Crippen LogP contribution in [0.15, 0.2) is 42.5 Å². The first-order chi connectivity index (χ1) is 14.0. The molecule has 1 amide bonds. The van der Waals surface area contributed by atoms with Gasteiger partial charge in [0.1, 0.15) is 17.4 Å². The first-order valence-corrected chi connectivity index (χ1v) is 9.62. The Morgan fingerprint density at radius 1 is 1.14 bits per heavy atom. The van der Waals surface area contributed by atoms with Crippen LogP contribution in [0.3, 0.4) is 0 Å². The van der Waals surface area contributed by atoms with Crippen LogP contribution < -0.4 is 10.1 Å². The number of carbonyl (C=O) groups excluding carboxylic acids is 2. The third kappa shape index (κ3) is 5.38. The number of Topliss-reactive ketones (excluding diaryl/α,β-unsaturated/α-hetero) is 1. The Hall–Kier alpha value is -2.80. The van der Waals surface area contributed by atoms with Crippen LogP contribution in [-0.4, -0.2) is 43.3 Å². The van der Waals surface area contributed by atoms with Crippen LogP contribution in [0, 0.1) is 17.6 Å². The highest BCUT2D eigenvalue weighted by Crippen LogP contribution is 2.25. The minimum Gasteiger partial charge on any atom is -0.495 e. The zero-order valence-electron chi connectivity index (χ0n) is 16.3. The molecule has 0 unspecified atom stereocenters. The Morgan fingerprint density at radius 3 is 2.59 bits per heavy atom. The lowest BCUT2D eigenvalue weighted by molar-refractivity contribution is -0.116. The predicted molar refractivity (Wildman–Crippen MR) is 106 cm³/mol. The Morgan fingerprint density at radius 2 is 1.86 bits per heavy atom. The Kier molecular flexibility index (Phi) is 6.93. The molecule has 1 aliphatic rings. The lowest BCUT2D eigenvalue weighted by Gasteiger charge is -2.31. The number of likely N-dealkylation sites (tertiary alicyclic amines) is 1. The van der Waals surface area contributed by atoms with E-state index < -0.39 is 11.6 Å². The SMILES string of the molecule is COc1ccccc1NC(=O)CCN1CCC(C(=O)c2cc(F)ccc2F)CC1. The molecule has 1 N–H and O–H groups in total. The number of methoxy groups -OCH3 is 1. The molecule has 5 nitrogen and oxygen atoms in total. The molecule has 1 heterocycles. The fourth-order valence-corrected chi connectivity index (χ4v) is 3.55. The van der Waals surface area contributed by atoms with Crippen LogP contribution in [0.5, 0.6) is 5.75 Å². The Labute approximate surface area is 168 Å². The number of benzene rings is 2. The van der Waals surface area contributed by atoms with Crippen LogP contribution in [0.25, 0.3) is 0 Å². The van der Waals surface area contributed by atoms with Crippen LogP contribution in [-0.2, 0) is 4.79 Å². The van der Waals surface area contributed by atoms with Gasteiger partial charge in [-0.25, -0.2) is 8.78 Å². The van der Waals surface area contributed by atoms with Crippen molar-refractivity contribution in [2.45, 2.75) is 19.3 Å². The van der Waals surface area contributed by atoms with E-state index in [2.05, 4.69) is 10.2 Å². The quantitative estimate of drug-likeness (QED) is 0.714. The van der Waals surface area contributed by atoms with Crippen molar-refractivity contribution in [2.75, 3.05) is 32.1 Å². The van der Waals surface area contributed by atoms with Gasteiger partial charge in [-0.2, -0.15) is 0 Å². The molecule has 1 aliphatic heterocycles. The largest absolute Gasteiger partial charge is 0.495 e. The van der Waals surface area contributed by atoms with E-state index in [0.29, 0.717) is 50.3 Å². The van der Waals surface area contributed by atoms with Gasteiger partial charge in [0.15, 0.2) is 5.78 Å². The molecule has 0 radical (unpaired) electrons. The highest BCUT2D eigenvalue weighted by Gasteiger charge is 2.27. The van der Waals surface area contributed by atoms with Crippen molar-refractivity contribution in [2.24, 2.45) is 5.92 Å². The second kappa shape index (κ2) is 9.60. The summed E-state index contributed by atoms with van der Waals surface area (Å²) in [6.07, 6.45) is 1.43. The van der Waals surface area contributed by atoms with Crippen molar-refractivity contribution in [3.8, 4) is 5.75 Å². The number of hydrogen-bond donors (Lipinski definition) is 1. The third-order valence-electron chi connectivity index (χ3n) is 5.19. The van der Waals surface area contributed by atoms with Crippen LogP contribution >= 0.6 is 0 Å². The van der Waals surface area contributed by atoms with Gasteiger partial charge in [0.05, 0.1) is 18.4 Å². The fourth-order valence-electron chi connectivity index (χ4n) is 3.55. The normalized spacial score (nSPS) is 15.1. The van der Waals surface area contributed by atoms with Crippen LogP contribution in [0.4, 0.5) is 14.5 Å². The number of amides is 1. The molecular weight excluding hydrogens is 378 g/mol. The number of anilines is 1. The van der Waals surface area contributed by atoms with Crippen molar-refractivity contribution in [3.63, 3.8) is 0 Å². The molecule has 3 rings (SSSR count). The first-order valence-electron chi connectivity index (χ1n) is 9.62. The summed E-state index contributed by atoms with van der Waals surface area (Å²) in [6, 6.07) is 10.2. The number of ketones is 1. The van der Waals surface area contributed by atoms with E-state index in [1.165, 1.54) is 0 Å². The number of nitrogens with one attached hydrogen (secondary N) is 1. The van der Waals surface area contributed by atoms with Gasteiger partial charge in [-0.3, -0.25) is 9.59 Å². The van der Waals surface area contributed by atoms with Gasteiger partial charge in [0.25, 0.3) is 0 Å². The molecule has 2 aromatic carbocycles. The highest BCUT2D eigenvalue weighted by molar-refractivity contribution is 5.98. The first kappa shape index (κ1) is 20.9. The average Bonchev–Trinajstić information content (AvgIpc) is 2.74. The Bertz CT molecular complexity index is 880. The maximum Gasteiger partial charge on any atom is 0.225 e. The lowest BCUT2D eigenvalue weighted by atomic mass is 9.88. The minimum absolute atomic E-state index is 0.116. The van der Waals surface area contributed by atoms with Gasteiger partial charge in [-0.05, 0) is 56.3 Å². The van der Waals surface area contributed by atoms with Gasteiger partial charge < -0.3 is 15.0 Å². The zero-order chi connectivity index (χ0) is 20.8. The van der Waals surface area contributed by atoms with Gasteiger partial charge in [0, 0.05) is 18.9 Å². The van der Waals surface area contributed by atoms with Crippen molar-refractivity contribution >= 4 is 17.4 Å². The van der Waals surface area contributed by atoms with Crippen LogP contribution in [0.1, 0.15) is 29.6 Å². The van der Waals surface area contributed by atoms with Gasteiger partial charge in [-0.15, -0.1) is 0 Å². The average molecular weight is 402 g/mol. The topological polar surface area (TPSA) is 58.6 Å². The fraction of sp³-hybridized carbons (Fsp3) is 0.364. The van der Waals surface area contributed by atoms with E-state index >= 15 is 0 Å². The van der Waals surface area contributed by atoms with Crippen molar-refractivity contribution in [1.82, 2.24) is 4.90 Å². The highest BCUT2D eigenvalue weighted by atomic mass is 19.1. The van der Waals surface area contributed by atoms with Gasteiger partial charge >= 0.3 is 0 Å². The molecule has 0 bridgehead atoms. The maximum absolute atomic E-state index is 13.8. The monoisotopic (exact) mass is 402 g/mol. The molecule has 0 aromatic heterocycles. The second-order valence-corrected chi connectivity index (χ2v) is 7.10. The van der Waals surface area contributed by atoms with E-state index in [0.717, 1.165) is 18.2 Å². The lowest BCUT2D eigenvalue weighted by Crippen LogP contribution is -2.38. The standard InChI is InChI=1S/C22H24F2N2O3/c1-29-20-5-3-2-4-19(20)25-21(27)10-13-26-11-8-15(9-12-26)22(28)17-14-16(23)6-7-18(17)24/h2-7,14-15H,8-13H2,1H3,(H,25,27). The number of rotatable bonds is 7. The van der Waals surface area contributed by atoms with Crippen LogP contribution in [0.2, 0.25) is 0 Å². The molecule has 0 atom stereocenters. The summed E-state index contributed by atoms with van der Waals surface area (Å²) in [7, 11) is 1.55. The summed E-state index contributed by atoms with van der Waals surface area (Å²) in [5, 5.41) is 2.84. The molecule has 2 aromatic rings. The maximum atomic E-state index is 13.8. The summed E-state index contributed by atoms with van der Waals surface area (Å²) in [6.45, 7) is 1.83. The number of hydrogen-bond acceptors (Lipinski definition) is 4. The van der Waals surface area contributed by atoms with Crippen molar-refractivity contribution in [3.05, 3.63) is 59.7 Å². The van der Waals surface area contributed by atoms with E-state index in [9.17, 15) is 18.4 Å². The molecule has 154 valence electrons. The second-order valence-electron chi connectivity index (χ2n) is 7.10. The molecule has 0 spiro atoms. The predicted octanol–water partition coefficient (Wildman–Crippen LogP) is 3.90. The Balaban J connectivity index is 1.47. The number of nitrogens with zero attached hydrogens (tertiary/aromatic N) is 1. The van der Waals surface area contributed by atoms with E-state index in [4.69, 9.17) is 4.74 Å². The number of halogens is 2. The number of para-hydroxylation sites is 2. The smallest absolute Gasteiger partial charge is 0.225 e. The summed E-state index contributed by atoms with van der Waals surface area (Å²) in [5.41, 5.74) is 0.445. The summed E-state index contributed by atoms with van der Waals surface area (Å²) < 4.78 is 32.4. The van der Waals surface area contributed by atoms with E-state index in [1.807, 2.05) is 12.1 Å². The number of ether oxygens (including phenoxy) is 1. The van der Waals surface area contributed by atoms with Crippen molar-refractivity contribution < 1.29 is 23.1 Å². The third-order valence-corrected chi connectivity index (χ3v) is 5.19. The van der Waals surface area contributed by atoms with E-state index in [1.54, 1.807) is 19.2 Å². The molecule has 7 heteroatoms. The van der Waals surface area contributed by atoms with E-state index in [-0.39, 0.29) is 23.2 Å². The number of carbonyl (C=O) groups is 2. The summed E-state index contributed by atoms with van der Waals surface area (Å²) >= 11 is 0. The zero-order valence-corrected chi connectivity index (χ0v) is 16.3. The van der Waals surface area contributed by atoms with Gasteiger partial charge in [0.2, 0.25) is 5.91 Å². The summed E-state index contributed by atoms with van der Waals surface area (Å²) in [4.78, 5) is 26.8. The van der Waals surface area contributed by atoms with Crippen molar-refractivity contribution in [1.29, 1.82) is 0 Å². The minimum atomic E-state index is -0.688. The van der Waals surface area contributed by atoms with Gasteiger partial charge in [-0.1, -0.05) is 12.1 Å². The summed E-state index contributed by atoms with van der Waals surface area (Å²) in [5.74, 6) is -1.50. The molecule has 1 fully saturated rings. The molecular formula is C22H24F2N2O3. The number of piperidine rings is 1. The molecule has 0 saturated carbocycles. The molecule has 1 saturated heterocycles.